The molecule has 0 saturated heterocycles. The highest BCUT2D eigenvalue weighted by molar-refractivity contribution is 6.31. The van der Waals surface area contributed by atoms with Crippen LogP contribution in [0.15, 0.2) is 24.3 Å². The molecule has 0 bridgehead atoms. The molecule has 17 heavy (non-hydrogen) atoms. The molecule has 0 spiro atoms. The fourth-order valence-corrected chi connectivity index (χ4v) is 2.00. The zero-order valence-corrected chi connectivity index (χ0v) is 11.8. The van der Waals surface area contributed by atoms with Crippen LogP contribution in [-0.4, -0.2) is 7.11 Å². The number of rotatable bonds is 5. The van der Waals surface area contributed by atoms with Crippen molar-refractivity contribution in [2.24, 2.45) is 0 Å². The lowest BCUT2D eigenvalue weighted by Gasteiger charge is -2.16. The average molecular weight is 253 g/mol. The van der Waals surface area contributed by atoms with E-state index in [-0.39, 0.29) is 0 Å². The topological polar surface area (TPSA) is 9.23 Å². The van der Waals surface area contributed by atoms with Crippen LogP contribution in [0.25, 0.3) is 0 Å². The van der Waals surface area contributed by atoms with E-state index >= 15 is 0 Å². The van der Waals surface area contributed by atoms with E-state index in [4.69, 9.17) is 16.3 Å². The van der Waals surface area contributed by atoms with Crippen molar-refractivity contribution in [1.29, 1.82) is 0 Å². The largest absolute Gasteiger partial charge is 0.496 e. The number of halogens is 1. The SMILES string of the molecule is CC/C=C\CC(C)c1cc(Cl)c(C)cc1OC. The minimum atomic E-state index is 0.422. The van der Waals surface area contributed by atoms with Crippen LogP contribution in [0.3, 0.4) is 0 Å². The van der Waals surface area contributed by atoms with E-state index in [0.717, 1.165) is 29.2 Å². The van der Waals surface area contributed by atoms with Gasteiger partial charge in [-0.15, -0.1) is 0 Å². The molecule has 0 amide bonds. The molecule has 1 aromatic rings. The van der Waals surface area contributed by atoms with Crippen molar-refractivity contribution in [3.05, 3.63) is 40.4 Å². The van der Waals surface area contributed by atoms with E-state index in [2.05, 4.69) is 26.0 Å². The second-order valence-corrected chi connectivity index (χ2v) is 4.77. The second kappa shape index (κ2) is 6.70. The number of benzene rings is 1. The molecule has 0 aliphatic carbocycles. The molecule has 0 aliphatic heterocycles. The first-order valence-electron chi connectivity index (χ1n) is 6.09. The Kier molecular flexibility index (Phi) is 5.57. The number of hydrogen-bond donors (Lipinski definition) is 0. The van der Waals surface area contributed by atoms with Crippen molar-refractivity contribution in [3.8, 4) is 5.75 Å². The van der Waals surface area contributed by atoms with Crippen molar-refractivity contribution in [1.82, 2.24) is 0 Å². The summed E-state index contributed by atoms with van der Waals surface area (Å²) in [5.74, 6) is 1.36. The highest BCUT2D eigenvalue weighted by Crippen LogP contribution is 2.33. The number of hydrogen-bond acceptors (Lipinski definition) is 1. The Balaban J connectivity index is 2.95. The third-order valence-corrected chi connectivity index (χ3v) is 3.34. The summed E-state index contributed by atoms with van der Waals surface area (Å²) in [6.45, 7) is 6.34. The summed E-state index contributed by atoms with van der Waals surface area (Å²) in [6.07, 6.45) is 6.51. The van der Waals surface area contributed by atoms with Gasteiger partial charge in [-0.05, 0) is 48.9 Å². The van der Waals surface area contributed by atoms with Gasteiger partial charge in [-0.25, -0.2) is 0 Å². The molecule has 1 atom stereocenters. The van der Waals surface area contributed by atoms with E-state index in [1.165, 1.54) is 5.56 Å². The van der Waals surface area contributed by atoms with Crippen LogP contribution >= 0.6 is 11.6 Å². The maximum absolute atomic E-state index is 6.17. The fourth-order valence-electron chi connectivity index (χ4n) is 1.83. The van der Waals surface area contributed by atoms with Crippen LogP contribution in [0.1, 0.15) is 43.7 Å². The summed E-state index contributed by atoms with van der Waals surface area (Å²) in [4.78, 5) is 0. The van der Waals surface area contributed by atoms with Crippen molar-refractivity contribution in [2.45, 2.75) is 39.5 Å². The van der Waals surface area contributed by atoms with Gasteiger partial charge in [-0.2, -0.15) is 0 Å². The van der Waals surface area contributed by atoms with Gasteiger partial charge in [0.2, 0.25) is 0 Å². The molecule has 1 unspecified atom stereocenters. The van der Waals surface area contributed by atoms with Crippen molar-refractivity contribution in [2.75, 3.05) is 7.11 Å². The highest BCUT2D eigenvalue weighted by Gasteiger charge is 2.12. The third kappa shape index (κ3) is 3.78. The normalized spacial score (nSPS) is 13.0. The molecule has 0 heterocycles. The van der Waals surface area contributed by atoms with Crippen LogP contribution in [0, 0.1) is 6.92 Å². The summed E-state index contributed by atoms with van der Waals surface area (Å²) in [6, 6.07) is 4.04. The lowest BCUT2D eigenvalue weighted by atomic mass is 9.95. The van der Waals surface area contributed by atoms with E-state index in [9.17, 15) is 0 Å². The standard InChI is InChI=1S/C15H21ClO/c1-5-6-7-8-11(2)13-10-14(16)12(3)9-15(13)17-4/h6-7,9-11H,5,8H2,1-4H3/b7-6-. The summed E-state index contributed by atoms with van der Waals surface area (Å²) < 4.78 is 5.43. The smallest absolute Gasteiger partial charge is 0.122 e. The first-order chi connectivity index (χ1) is 8.10. The summed E-state index contributed by atoms with van der Waals surface area (Å²) >= 11 is 6.17. The van der Waals surface area contributed by atoms with Crippen molar-refractivity contribution in [3.63, 3.8) is 0 Å². The average Bonchev–Trinajstić information content (AvgIpc) is 2.32. The molecule has 0 aromatic heterocycles. The molecule has 0 N–H and O–H groups in total. The van der Waals surface area contributed by atoms with Crippen LogP contribution in [0.4, 0.5) is 0 Å². The van der Waals surface area contributed by atoms with E-state index in [0.29, 0.717) is 5.92 Å². The maximum atomic E-state index is 6.17. The Labute approximate surface area is 109 Å². The monoisotopic (exact) mass is 252 g/mol. The quantitative estimate of drug-likeness (QED) is 0.661. The molecule has 0 saturated carbocycles. The minimum absolute atomic E-state index is 0.422. The Morgan fingerprint density at radius 1 is 1.35 bits per heavy atom. The van der Waals surface area contributed by atoms with E-state index in [1.54, 1.807) is 7.11 Å². The molecule has 1 aromatic carbocycles. The van der Waals surface area contributed by atoms with Gasteiger partial charge in [0, 0.05) is 5.02 Å². The molecule has 1 rings (SSSR count). The highest BCUT2D eigenvalue weighted by atomic mass is 35.5. The Hall–Kier alpha value is -0.950. The summed E-state index contributed by atoms with van der Waals surface area (Å²) in [5.41, 5.74) is 2.24. The first kappa shape index (κ1) is 14.1. The van der Waals surface area contributed by atoms with E-state index in [1.807, 2.05) is 19.1 Å². The number of allylic oxidation sites excluding steroid dienone is 2. The zero-order chi connectivity index (χ0) is 12.8. The predicted octanol–water partition coefficient (Wildman–Crippen LogP) is 5.12. The predicted molar refractivity (Wildman–Crippen MR) is 75.2 cm³/mol. The Morgan fingerprint density at radius 2 is 2.06 bits per heavy atom. The fraction of sp³-hybridized carbons (Fsp3) is 0.467. The van der Waals surface area contributed by atoms with Crippen molar-refractivity contribution < 1.29 is 4.74 Å². The minimum Gasteiger partial charge on any atom is -0.496 e. The molecular weight excluding hydrogens is 232 g/mol. The second-order valence-electron chi connectivity index (χ2n) is 4.36. The molecule has 0 fully saturated rings. The lowest BCUT2D eigenvalue weighted by molar-refractivity contribution is 0.406. The van der Waals surface area contributed by atoms with Gasteiger partial charge in [0.05, 0.1) is 7.11 Å². The third-order valence-electron chi connectivity index (χ3n) is 2.93. The van der Waals surface area contributed by atoms with Gasteiger partial charge in [0.25, 0.3) is 0 Å². The van der Waals surface area contributed by atoms with Gasteiger partial charge in [-0.1, -0.05) is 37.6 Å². The van der Waals surface area contributed by atoms with Crippen LogP contribution in [0.2, 0.25) is 5.02 Å². The lowest BCUT2D eigenvalue weighted by Crippen LogP contribution is -1.98. The van der Waals surface area contributed by atoms with Crippen LogP contribution in [-0.2, 0) is 0 Å². The molecule has 94 valence electrons. The number of ether oxygens (including phenoxy) is 1. The van der Waals surface area contributed by atoms with Crippen molar-refractivity contribution >= 4 is 11.6 Å². The maximum Gasteiger partial charge on any atom is 0.122 e. The van der Waals surface area contributed by atoms with Gasteiger partial charge >= 0.3 is 0 Å². The van der Waals surface area contributed by atoms with Gasteiger partial charge in [0.1, 0.15) is 5.75 Å². The molecule has 1 nitrogen and oxygen atoms in total. The molecular formula is C15H21ClO. The molecule has 2 heteroatoms. The zero-order valence-electron chi connectivity index (χ0n) is 11.1. The van der Waals surface area contributed by atoms with Gasteiger partial charge < -0.3 is 4.74 Å². The first-order valence-corrected chi connectivity index (χ1v) is 6.47. The number of methoxy groups -OCH3 is 1. The van der Waals surface area contributed by atoms with Gasteiger partial charge in [-0.3, -0.25) is 0 Å². The molecule has 0 aliphatic rings. The summed E-state index contributed by atoms with van der Waals surface area (Å²) in [7, 11) is 1.71. The Morgan fingerprint density at radius 3 is 2.65 bits per heavy atom. The summed E-state index contributed by atoms with van der Waals surface area (Å²) in [5, 5.41) is 0.812. The van der Waals surface area contributed by atoms with Crippen LogP contribution < -0.4 is 4.74 Å². The van der Waals surface area contributed by atoms with Gasteiger partial charge in [0.15, 0.2) is 0 Å². The Bertz CT molecular complexity index is 396. The van der Waals surface area contributed by atoms with Crippen LogP contribution in [0.5, 0.6) is 5.75 Å². The van der Waals surface area contributed by atoms with E-state index < -0.39 is 0 Å². The molecule has 0 radical (unpaired) electrons. The number of aryl methyl sites for hydroxylation is 1.